The van der Waals surface area contributed by atoms with Crippen LogP contribution in [0.2, 0.25) is 0 Å². The van der Waals surface area contributed by atoms with Gasteiger partial charge in [-0.2, -0.15) is 0 Å². The predicted molar refractivity (Wildman–Crippen MR) is 164 cm³/mol. The SMILES string of the molecule is O=C(O)[C@@H](C1CCCCC1)N1C[C@H](CN2CCC(CCCc3cnc4ccccc4n3)CC2)[C@@H](c2ccccc2)C1. The van der Waals surface area contributed by atoms with Crippen LogP contribution in [0.4, 0.5) is 0 Å². The van der Waals surface area contributed by atoms with E-state index in [0.717, 1.165) is 74.6 Å². The van der Waals surface area contributed by atoms with Gasteiger partial charge in [-0.15, -0.1) is 0 Å². The van der Waals surface area contributed by atoms with Gasteiger partial charge < -0.3 is 10.0 Å². The first-order valence-electron chi connectivity index (χ1n) is 16.1. The van der Waals surface area contributed by atoms with Crippen LogP contribution in [0.15, 0.2) is 60.8 Å². The Hall–Kier alpha value is -2.83. The molecule has 1 N–H and O–H groups in total. The molecule has 3 fully saturated rings. The van der Waals surface area contributed by atoms with Crippen LogP contribution in [-0.2, 0) is 11.2 Å². The highest BCUT2D eigenvalue weighted by atomic mass is 16.4. The summed E-state index contributed by atoms with van der Waals surface area (Å²) in [4.78, 5) is 26.9. The summed E-state index contributed by atoms with van der Waals surface area (Å²) >= 11 is 0. The molecule has 6 nitrogen and oxygen atoms in total. The molecule has 218 valence electrons. The van der Waals surface area contributed by atoms with E-state index in [1.807, 2.05) is 30.5 Å². The maximum Gasteiger partial charge on any atom is 0.321 e. The number of carboxylic acid groups (broad SMARTS) is 1. The maximum atomic E-state index is 12.5. The first-order chi connectivity index (χ1) is 20.1. The van der Waals surface area contributed by atoms with Crippen molar-refractivity contribution in [2.75, 3.05) is 32.7 Å². The predicted octanol–water partition coefficient (Wildman–Crippen LogP) is 6.41. The van der Waals surface area contributed by atoms with E-state index in [9.17, 15) is 9.90 Å². The number of fused-ring (bicyclic) bond motifs is 1. The van der Waals surface area contributed by atoms with Gasteiger partial charge in [0.05, 0.1) is 16.7 Å². The van der Waals surface area contributed by atoms with Crippen molar-refractivity contribution in [1.82, 2.24) is 19.8 Å². The molecule has 1 saturated carbocycles. The molecule has 3 atom stereocenters. The largest absolute Gasteiger partial charge is 0.480 e. The monoisotopic (exact) mass is 554 g/mol. The summed E-state index contributed by atoms with van der Waals surface area (Å²) in [5.41, 5.74) is 4.44. The van der Waals surface area contributed by atoms with Crippen LogP contribution in [0.1, 0.15) is 75.0 Å². The third-order valence-corrected chi connectivity index (χ3v) is 10.2. The number of rotatable bonds is 10. The lowest BCUT2D eigenvalue weighted by Crippen LogP contribution is -2.46. The Labute approximate surface area is 245 Å². The second-order valence-corrected chi connectivity index (χ2v) is 12.9. The van der Waals surface area contributed by atoms with E-state index in [1.165, 1.54) is 50.5 Å². The number of aliphatic carboxylic acids is 1. The fourth-order valence-corrected chi connectivity index (χ4v) is 7.98. The Kier molecular flexibility index (Phi) is 9.27. The third-order valence-electron chi connectivity index (χ3n) is 10.2. The molecule has 0 radical (unpaired) electrons. The maximum absolute atomic E-state index is 12.5. The van der Waals surface area contributed by atoms with Crippen LogP contribution < -0.4 is 0 Å². The molecule has 41 heavy (non-hydrogen) atoms. The van der Waals surface area contributed by atoms with Gasteiger partial charge in [0.2, 0.25) is 0 Å². The van der Waals surface area contributed by atoms with Crippen molar-refractivity contribution in [3.05, 3.63) is 72.1 Å². The number of hydrogen-bond acceptors (Lipinski definition) is 5. The molecule has 1 aromatic heterocycles. The summed E-state index contributed by atoms with van der Waals surface area (Å²) in [6, 6.07) is 18.7. The zero-order chi connectivity index (χ0) is 28.0. The van der Waals surface area contributed by atoms with Gasteiger partial charge in [-0.05, 0) is 93.5 Å². The number of hydrogen-bond donors (Lipinski definition) is 1. The minimum absolute atomic E-state index is 0.299. The molecule has 6 heteroatoms. The fraction of sp³-hybridized carbons (Fsp3) is 0.571. The average Bonchev–Trinajstić information content (AvgIpc) is 3.41. The third kappa shape index (κ3) is 6.98. The molecule has 3 heterocycles. The molecule has 0 bridgehead atoms. The molecule has 0 unspecified atom stereocenters. The molecule has 3 aromatic rings. The first kappa shape index (κ1) is 28.3. The number of piperidine rings is 1. The van der Waals surface area contributed by atoms with E-state index in [2.05, 4.69) is 45.1 Å². The van der Waals surface area contributed by atoms with Crippen LogP contribution >= 0.6 is 0 Å². The number of carbonyl (C=O) groups is 1. The van der Waals surface area contributed by atoms with Gasteiger partial charge in [-0.1, -0.05) is 61.7 Å². The quantitative estimate of drug-likeness (QED) is 0.312. The molecule has 0 amide bonds. The van der Waals surface area contributed by atoms with Crippen molar-refractivity contribution in [1.29, 1.82) is 0 Å². The smallest absolute Gasteiger partial charge is 0.321 e. The highest BCUT2D eigenvalue weighted by Crippen LogP contribution is 2.38. The van der Waals surface area contributed by atoms with Crippen LogP contribution in [0.5, 0.6) is 0 Å². The van der Waals surface area contributed by atoms with E-state index in [0.29, 0.717) is 17.8 Å². The Morgan fingerprint density at radius 1 is 0.902 bits per heavy atom. The molecule has 1 aliphatic carbocycles. The highest BCUT2D eigenvalue weighted by molar-refractivity contribution is 5.74. The molecule has 0 spiro atoms. The Balaban J connectivity index is 1.03. The Morgan fingerprint density at radius 2 is 1.63 bits per heavy atom. The zero-order valence-corrected chi connectivity index (χ0v) is 24.4. The number of carboxylic acids is 1. The minimum Gasteiger partial charge on any atom is -0.480 e. The lowest BCUT2D eigenvalue weighted by Gasteiger charge is -2.35. The normalized spacial score (nSPS) is 24.1. The van der Waals surface area contributed by atoms with Crippen molar-refractivity contribution >= 4 is 17.0 Å². The lowest BCUT2D eigenvalue weighted by molar-refractivity contribution is -0.145. The lowest BCUT2D eigenvalue weighted by atomic mass is 9.83. The molecule has 3 aliphatic rings. The van der Waals surface area contributed by atoms with E-state index in [4.69, 9.17) is 4.98 Å². The van der Waals surface area contributed by atoms with E-state index < -0.39 is 5.97 Å². The molecule has 2 aromatic carbocycles. The minimum atomic E-state index is -0.611. The summed E-state index contributed by atoms with van der Waals surface area (Å²) in [6.45, 7) is 5.16. The topological polar surface area (TPSA) is 69.6 Å². The van der Waals surface area contributed by atoms with Crippen molar-refractivity contribution in [3.63, 3.8) is 0 Å². The van der Waals surface area contributed by atoms with E-state index >= 15 is 0 Å². The van der Waals surface area contributed by atoms with Gasteiger partial charge in [-0.25, -0.2) is 4.98 Å². The summed E-state index contributed by atoms with van der Waals surface area (Å²) in [7, 11) is 0. The Bertz CT molecular complexity index is 1270. The second kappa shape index (κ2) is 13.4. The fourth-order valence-electron chi connectivity index (χ4n) is 7.98. The molecular weight excluding hydrogens is 508 g/mol. The van der Waals surface area contributed by atoms with Gasteiger partial charge in [-0.3, -0.25) is 14.7 Å². The van der Waals surface area contributed by atoms with Crippen LogP contribution in [0.25, 0.3) is 11.0 Å². The summed E-state index contributed by atoms with van der Waals surface area (Å²) in [5, 5.41) is 10.3. The van der Waals surface area contributed by atoms with E-state index in [-0.39, 0.29) is 6.04 Å². The standard InChI is InChI=1S/C35H46N4O2/c40-35(41)34(28-13-5-2-6-14-28)39-24-29(31(25-39)27-11-3-1-4-12-27)23-38-20-18-26(19-21-38)10-9-15-30-22-36-32-16-7-8-17-33(32)37-30/h1,3-4,7-8,11-12,16-17,22,26,28-29,31,34H,2,5-6,9-10,13-15,18-21,23-25H2,(H,40,41)/t29-,31+,34+/m0/s1. The van der Waals surface area contributed by atoms with Crippen LogP contribution in [0, 0.1) is 17.8 Å². The number of para-hydroxylation sites is 2. The molecule has 2 aliphatic heterocycles. The number of aromatic nitrogens is 2. The number of nitrogens with zero attached hydrogens (tertiary/aromatic N) is 4. The number of benzene rings is 2. The van der Waals surface area contributed by atoms with Crippen molar-refractivity contribution in [3.8, 4) is 0 Å². The van der Waals surface area contributed by atoms with E-state index in [1.54, 1.807) is 0 Å². The Morgan fingerprint density at radius 3 is 2.39 bits per heavy atom. The average molecular weight is 555 g/mol. The summed E-state index contributed by atoms with van der Waals surface area (Å²) < 4.78 is 0. The van der Waals surface area contributed by atoms with Crippen molar-refractivity contribution < 1.29 is 9.90 Å². The van der Waals surface area contributed by atoms with Gasteiger partial charge >= 0.3 is 5.97 Å². The van der Waals surface area contributed by atoms with Crippen LogP contribution in [-0.4, -0.2) is 69.6 Å². The summed E-state index contributed by atoms with van der Waals surface area (Å²) in [6.07, 6.45) is 13.6. The number of likely N-dealkylation sites (tertiary alicyclic amines) is 2. The van der Waals surface area contributed by atoms with Crippen molar-refractivity contribution in [2.45, 2.75) is 76.2 Å². The number of aryl methyl sites for hydroxylation is 1. The van der Waals surface area contributed by atoms with Gasteiger partial charge in [0.15, 0.2) is 0 Å². The van der Waals surface area contributed by atoms with Gasteiger partial charge in [0.25, 0.3) is 0 Å². The molecule has 2 saturated heterocycles. The van der Waals surface area contributed by atoms with Gasteiger partial charge in [0, 0.05) is 31.7 Å². The molecular formula is C35H46N4O2. The van der Waals surface area contributed by atoms with Gasteiger partial charge in [0.1, 0.15) is 6.04 Å². The molecule has 6 rings (SSSR count). The summed E-state index contributed by atoms with van der Waals surface area (Å²) in [5.74, 6) is 1.35. The first-order valence-corrected chi connectivity index (χ1v) is 16.1. The second-order valence-electron chi connectivity index (χ2n) is 12.9. The van der Waals surface area contributed by atoms with Crippen molar-refractivity contribution in [2.24, 2.45) is 17.8 Å². The highest BCUT2D eigenvalue weighted by Gasteiger charge is 2.43. The zero-order valence-electron chi connectivity index (χ0n) is 24.4. The van der Waals surface area contributed by atoms with Crippen LogP contribution in [0.3, 0.4) is 0 Å².